The van der Waals surface area contributed by atoms with E-state index in [9.17, 15) is 4.79 Å². The number of fused-ring (bicyclic) bond motifs is 1. The molecule has 0 amide bonds. The number of ether oxygens (including phenoxy) is 1. The molecule has 0 spiro atoms. The number of methoxy groups -OCH3 is 1. The zero-order valence-electron chi connectivity index (χ0n) is 14.2. The van der Waals surface area contributed by atoms with Crippen LogP contribution in [0, 0.1) is 13.8 Å². The summed E-state index contributed by atoms with van der Waals surface area (Å²) >= 11 is 0. The molecule has 0 N–H and O–H groups in total. The third kappa shape index (κ3) is 3.38. The van der Waals surface area contributed by atoms with Gasteiger partial charge in [0, 0.05) is 0 Å². The number of carbonyl (C=O) groups excluding carboxylic acids is 1. The monoisotopic (exact) mass is 316 g/mol. The summed E-state index contributed by atoms with van der Waals surface area (Å²) in [6.45, 7) is 4.11. The van der Waals surface area contributed by atoms with Gasteiger partial charge in [0.1, 0.15) is 0 Å². The molecule has 0 fully saturated rings. The SMILES string of the molecule is COC(=O)/C(=C\c1cc(C)cc(C)c1)c1ccc2ccccc2c1. The summed E-state index contributed by atoms with van der Waals surface area (Å²) in [6.07, 6.45) is 1.90. The van der Waals surface area contributed by atoms with Crippen LogP contribution in [0.15, 0.2) is 60.7 Å². The van der Waals surface area contributed by atoms with Crippen molar-refractivity contribution in [3.63, 3.8) is 0 Å². The van der Waals surface area contributed by atoms with Crippen LogP contribution < -0.4 is 0 Å². The maximum atomic E-state index is 12.3. The van der Waals surface area contributed by atoms with Gasteiger partial charge in [0.15, 0.2) is 0 Å². The highest BCUT2D eigenvalue weighted by Gasteiger charge is 2.13. The second kappa shape index (κ2) is 6.71. The van der Waals surface area contributed by atoms with Gasteiger partial charge in [0.25, 0.3) is 0 Å². The number of hydrogen-bond donors (Lipinski definition) is 0. The Morgan fingerprint density at radius 2 is 1.54 bits per heavy atom. The Kier molecular flexibility index (Phi) is 4.48. The maximum Gasteiger partial charge on any atom is 0.338 e. The minimum atomic E-state index is -0.329. The molecule has 0 aromatic heterocycles. The van der Waals surface area contributed by atoms with Crippen molar-refractivity contribution in [1.29, 1.82) is 0 Å². The van der Waals surface area contributed by atoms with E-state index in [-0.39, 0.29) is 5.97 Å². The van der Waals surface area contributed by atoms with Crippen molar-refractivity contribution in [3.8, 4) is 0 Å². The molecule has 0 aliphatic carbocycles. The molecule has 3 aromatic rings. The Labute approximate surface area is 142 Å². The van der Waals surface area contributed by atoms with Crippen LogP contribution in [0.25, 0.3) is 22.4 Å². The Bertz CT molecular complexity index is 915. The minimum Gasteiger partial charge on any atom is -0.465 e. The number of rotatable bonds is 3. The molecule has 0 unspecified atom stereocenters. The zero-order valence-corrected chi connectivity index (χ0v) is 14.2. The zero-order chi connectivity index (χ0) is 17.1. The van der Waals surface area contributed by atoms with Gasteiger partial charge >= 0.3 is 5.97 Å². The normalized spacial score (nSPS) is 11.5. The van der Waals surface area contributed by atoms with Gasteiger partial charge in [-0.1, -0.05) is 65.7 Å². The summed E-state index contributed by atoms with van der Waals surface area (Å²) in [5, 5.41) is 2.25. The Morgan fingerprint density at radius 3 is 2.21 bits per heavy atom. The first-order chi connectivity index (χ1) is 11.6. The van der Waals surface area contributed by atoms with E-state index in [0.717, 1.165) is 21.9 Å². The number of benzene rings is 3. The lowest BCUT2D eigenvalue weighted by atomic mass is 9.98. The van der Waals surface area contributed by atoms with E-state index in [1.54, 1.807) is 0 Å². The molecule has 0 aliphatic rings. The first-order valence-electron chi connectivity index (χ1n) is 7.94. The third-order valence-electron chi connectivity index (χ3n) is 4.02. The van der Waals surface area contributed by atoms with Crippen molar-refractivity contribution in [2.24, 2.45) is 0 Å². The Morgan fingerprint density at radius 1 is 0.875 bits per heavy atom. The largest absolute Gasteiger partial charge is 0.465 e. The van der Waals surface area contributed by atoms with Crippen molar-refractivity contribution >= 4 is 28.4 Å². The molecule has 2 heteroatoms. The first-order valence-corrected chi connectivity index (χ1v) is 7.94. The molecule has 0 heterocycles. The van der Waals surface area contributed by atoms with Gasteiger partial charge in [-0.25, -0.2) is 4.79 Å². The lowest BCUT2D eigenvalue weighted by molar-refractivity contribution is -0.133. The number of esters is 1. The van der Waals surface area contributed by atoms with Crippen LogP contribution in [0.1, 0.15) is 22.3 Å². The van der Waals surface area contributed by atoms with Gasteiger partial charge in [-0.3, -0.25) is 0 Å². The van der Waals surface area contributed by atoms with Crippen molar-refractivity contribution in [2.45, 2.75) is 13.8 Å². The van der Waals surface area contributed by atoms with Crippen molar-refractivity contribution in [1.82, 2.24) is 0 Å². The predicted octanol–water partition coefficient (Wildman–Crippen LogP) is 5.17. The van der Waals surface area contributed by atoms with Crippen LogP contribution in [0.3, 0.4) is 0 Å². The highest BCUT2D eigenvalue weighted by Crippen LogP contribution is 2.25. The van der Waals surface area contributed by atoms with Crippen molar-refractivity contribution < 1.29 is 9.53 Å². The first kappa shape index (κ1) is 16.0. The van der Waals surface area contributed by atoms with Gasteiger partial charge in [-0.15, -0.1) is 0 Å². The molecule has 0 radical (unpaired) electrons. The topological polar surface area (TPSA) is 26.3 Å². The van der Waals surface area contributed by atoms with Crippen LogP contribution in [-0.4, -0.2) is 13.1 Å². The fourth-order valence-electron chi connectivity index (χ4n) is 2.99. The van der Waals surface area contributed by atoms with E-state index >= 15 is 0 Å². The molecule has 0 aliphatic heterocycles. The summed E-state index contributed by atoms with van der Waals surface area (Å²) in [5.41, 5.74) is 4.77. The molecule has 0 bridgehead atoms. The van der Waals surface area contributed by atoms with Crippen LogP contribution in [0.4, 0.5) is 0 Å². The van der Waals surface area contributed by atoms with Crippen LogP contribution in [-0.2, 0) is 9.53 Å². The third-order valence-corrected chi connectivity index (χ3v) is 4.02. The highest BCUT2D eigenvalue weighted by molar-refractivity contribution is 6.22. The molecule has 0 saturated heterocycles. The molecule has 3 rings (SSSR count). The molecular weight excluding hydrogens is 296 g/mol. The van der Waals surface area contributed by atoms with E-state index in [4.69, 9.17) is 4.74 Å². The Hall–Kier alpha value is -2.87. The van der Waals surface area contributed by atoms with E-state index in [0.29, 0.717) is 5.57 Å². The summed E-state index contributed by atoms with van der Waals surface area (Å²) in [7, 11) is 1.42. The second-order valence-corrected chi connectivity index (χ2v) is 6.03. The number of aryl methyl sites for hydroxylation is 2. The van der Waals surface area contributed by atoms with E-state index in [2.05, 4.69) is 38.1 Å². The number of carbonyl (C=O) groups is 1. The lowest BCUT2D eigenvalue weighted by Gasteiger charge is -2.09. The Balaban J connectivity index is 2.14. The van der Waals surface area contributed by atoms with Crippen LogP contribution in [0.2, 0.25) is 0 Å². The molecule has 0 saturated carbocycles. The molecule has 120 valence electrons. The predicted molar refractivity (Wildman–Crippen MR) is 99.8 cm³/mol. The molecule has 24 heavy (non-hydrogen) atoms. The molecule has 2 nitrogen and oxygen atoms in total. The standard InChI is InChI=1S/C22H20O2/c1-15-10-16(2)12-17(11-15)13-21(22(23)24-3)20-9-8-18-6-4-5-7-19(18)14-20/h4-14H,1-3H3/b21-13-. The van der Waals surface area contributed by atoms with Gasteiger partial charge < -0.3 is 4.74 Å². The molecular formula is C22H20O2. The fourth-order valence-corrected chi connectivity index (χ4v) is 2.99. The van der Waals surface area contributed by atoms with E-state index in [1.807, 2.05) is 42.5 Å². The fraction of sp³-hybridized carbons (Fsp3) is 0.136. The summed E-state index contributed by atoms with van der Waals surface area (Å²) in [5.74, 6) is -0.329. The van der Waals surface area contributed by atoms with Crippen molar-refractivity contribution in [2.75, 3.05) is 7.11 Å². The molecule has 3 aromatic carbocycles. The minimum absolute atomic E-state index is 0.329. The average Bonchev–Trinajstić information content (AvgIpc) is 2.58. The maximum absolute atomic E-state index is 12.3. The quantitative estimate of drug-likeness (QED) is 0.378. The van der Waals surface area contributed by atoms with Crippen LogP contribution >= 0.6 is 0 Å². The van der Waals surface area contributed by atoms with Gasteiger partial charge in [0.05, 0.1) is 12.7 Å². The summed E-state index contributed by atoms with van der Waals surface area (Å²) < 4.78 is 5.00. The lowest BCUT2D eigenvalue weighted by Crippen LogP contribution is -2.04. The summed E-state index contributed by atoms with van der Waals surface area (Å²) in [6, 6.07) is 20.4. The van der Waals surface area contributed by atoms with Gasteiger partial charge in [-0.05, 0) is 47.9 Å². The van der Waals surface area contributed by atoms with E-state index < -0.39 is 0 Å². The summed E-state index contributed by atoms with van der Waals surface area (Å²) in [4.78, 5) is 12.3. The highest BCUT2D eigenvalue weighted by atomic mass is 16.5. The van der Waals surface area contributed by atoms with Crippen molar-refractivity contribution in [3.05, 3.63) is 82.9 Å². The smallest absolute Gasteiger partial charge is 0.338 e. The van der Waals surface area contributed by atoms with E-state index in [1.165, 1.54) is 18.2 Å². The second-order valence-electron chi connectivity index (χ2n) is 6.03. The van der Waals surface area contributed by atoms with Gasteiger partial charge in [-0.2, -0.15) is 0 Å². The average molecular weight is 316 g/mol. The molecule has 0 atom stereocenters. The van der Waals surface area contributed by atoms with Crippen LogP contribution in [0.5, 0.6) is 0 Å². The number of hydrogen-bond acceptors (Lipinski definition) is 2. The van der Waals surface area contributed by atoms with Gasteiger partial charge in [0.2, 0.25) is 0 Å².